The van der Waals surface area contributed by atoms with Gasteiger partial charge in [-0.15, -0.1) is 6.58 Å². The molecule has 0 aromatic rings. The first-order chi connectivity index (χ1) is 4.85. The SMILES string of the molecule is C=CC(CCSC)N=CC. The molecule has 0 aromatic carbocycles. The van der Waals surface area contributed by atoms with Crippen LogP contribution in [0.4, 0.5) is 0 Å². The van der Waals surface area contributed by atoms with E-state index in [4.69, 9.17) is 0 Å². The number of aliphatic imine (C=N–C) groups is 1. The second kappa shape index (κ2) is 6.87. The minimum Gasteiger partial charge on any atom is -0.290 e. The molecule has 10 heavy (non-hydrogen) atoms. The molecule has 0 aliphatic heterocycles. The van der Waals surface area contributed by atoms with E-state index in [9.17, 15) is 0 Å². The van der Waals surface area contributed by atoms with E-state index >= 15 is 0 Å². The van der Waals surface area contributed by atoms with Gasteiger partial charge in [0.15, 0.2) is 0 Å². The van der Waals surface area contributed by atoms with Crippen LogP contribution >= 0.6 is 11.8 Å². The van der Waals surface area contributed by atoms with Crippen LogP contribution in [0.3, 0.4) is 0 Å². The summed E-state index contributed by atoms with van der Waals surface area (Å²) in [5.74, 6) is 1.16. The molecule has 2 heteroatoms. The van der Waals surface area contributed by atoms with Crippen LogP contribution in [0, 0.1) is 0 Å². The Hall–Kier alpha value is -0.240. The minimum absolute atomic E-state index is 0.331. The van der Waals surface area contributed by atoms with Crippen molar-refractivity contribution in [3.05, 3.63) is 12.7 Å². The summed E-state index contributed by atoms with van der Waals surface area (Å²) in [6, 6.07) is 0.331. The first-order valence-electron chi connectivity index (χ1n) is 3.44. The van der Waals surface area contributed by atoms with Gasteiger partial charge < -0.3 is 0 Å². The van der Waals surface area contributed by atoms with Crippen LogP contribution in [0.15, 0.2) is 17.6 Å². The normalized spacial score (nSPS) is 13.8. The number of rotatable bonds is 5. The lowest BCUT2D eigenvalue weighted by Gasteiger charge is -2.03. The van der Waals surface area contributed by atoms with Gasteiger partial charge in [0.25, 0.3) is 0 Å². The lowest BCUT2D eigenvalue weighted by Crippen LogP contribution is -2.00. The van der Waals surface area contributed by atoms with Crippen LogP contribution in [0.1, 0.15) is 13.3 Å². The molecule has 0 radical (unpaired) electrons. The highest BCUT2D eigenvalue weighted by Crippen LogP contribution is 2.03. The molecule has 1 unspecified atom stereocenters. The van der Waals surface area contributed by atoms with E-state index in [-0.39, 0.29) is 0 Å². The molecule has 0 saturated carbocycles. The Labute approximate surface area is 67.6 Å². The summed E-state index contributed by atoms with van der Waals surface area (Å²) in [6.45, 7) is 5.65. The largest absolute Gasteiger partial charge is 0.290 e. The summed E-state index contributed by atoms with van der Waals surface area (Å²) in [4.78, 5) is 4.22. The maximum Gasteiger partial charge on any atom is 0.0681 e. The zero-order valence-electron chi connectivity index (χ0n) is 6.71. The van der Waals surface area contributed by atoms with Crippen molar-refractivity contribution in [2.75, 3.05) is 12.0 Å². The average Bonchev–Trinajstić information content (AvgIpc) is 1.98. The van der Waals surface area contributed by atoms with Crippen molar-refractivity contribution in [1.82, 2.24) is 0 Å². The van der Waals surface area contributed by atoms with Gasteiger partial charge in [0, 0.05) is 0 Å². The molecule has 0 aliphatic rings. The van der Waals surface area contributed by atoms with Gasteiger partial charge in [0.2, 0.25) is 0 Å². The molecule has 0 amide bonds. The summed E-state index contributed by atoms with van der Waals surface area (Å²) >= 11 is 1.85. The fourth-order valence-electron chi connectivity index (χ4n) is 0.683. The van der Waals surface area contributed by atoms with E-state index in [1.54, 1.807) is 0 Å². The summed E-state index contributed by atoms with van der Waals surface area (Å²) in [7, 11) is 0. The smallest absolute Gasteiger partial charge is 0.0681 e. The van der Waals surface area contributed by atoms with Crippen molar-refractivity contribution >= 4 is 18.0 Å². The van der Waals surface area contributed by atoms with E-state index in [0.29, 0.717) is 6.04 Å². The predicted molar refractivity (Wildman–Crippen MR) is 51.2 cm³/mol. The molecule has 0 bridgehead atoms. The van der Waals surface area contributed by atoms with E-state index in [1.165, 1.54) is 0 Å². The van der Waals surface area contributed by atoms with Crippen molar-refractivity contribution in [3.8, 4) is 0 Å². The highest BCUT2D eigenvalue weighted by Gasteiger charge is 1.96. The third kappa shape index (κ3) is 4.62. The first kappa shape index (κ1) is 9.76. The highest BCUT2D eigenvalue weighted by molar-refractivity contribution is 7.98. The molecule has 0 N–H and O–H groups in total. The Kier molecular flexibility index (Phi) is 6.71. The molecule has 0 saturated heterocycles. The number of thioether (sulfide) groups is 1. The number of hydrogen-bond donors (Lipinski definition) is 0. The summed E-state index contributed by atoms with van der Waals surface area (Å²) in [5, 5.41) is 0. The Morgan fingerprint density at radius 2 is 2.40 bits per heavy atom. The van der Waals surface area contributed by atoms with Gasteiger partial charge in [-0.1, -0.05) is 6.08 Å². The van der Waals surface area contributed by atoms with Crippen molar-refractivity contribution in [1.29, 1.82) is 0 Å². The average molecular weight is 157 g/mol. The van der Waals surface area contributed by atoms with E-state index in [0.717, 1.165) is 12.2 Å². The van der Waals surface area contributed by atoms with Crippen molar-refractivity contribution in [3.63, 3.8) is 0 Å². The Morgan fingerprint density at radius 3 is 2.80 bits per heavy atom. The molecule has 1 nitrogen and oxygen atoms in total. The monoisotopic (exact) mass is 157 g/mol. The van der Waals surface area contributed by atoms with Gasteiger partial charge in [-0.2, -0.15) is 11.8 Å². The molecule has 1 atom stereocenters. The van der Waals surface area contributed by atoms with Gasteiger partial charge in [-0.05, 0) is 31.6 Å². The van der Waals surface area contributed by atoms with Gasteiger partial charge >= 0.3 is 0 Å². The summed E-state index contributed by atoms with van der Waals surface area (Å²) < 4.78 is 0. The van der Waals surface area contributed by atoms with Crippen LogP contribution in [0.2, 0.25) is 0 Å². The third-order valence-corrected chi connectivity index (χ3v) is 1.87. The van der Waals surface area contributed by atoms with Gasteiger partial charge in [0.1, 0.15) is 0 Å². The summed E-state index contributed by atoms with van der Waals surface area (Å²) in [6.07, 6.45) is 6.95. The van der Waals surface area contributed by atoms with E-state index in [1.807, 2.05) is 31.0 Å². The van der Waals surface area contributed by atoms with Crippen LogP contribution in [-0.2, 0) is 0 Å². The molecular weight excluding hydrogens is 142 g/mol. The van der Waals surface area contributed by atoms with Crippen LogP contribution in [-0.4, -0.2) is 24.3 Å². The van der Waals surface area contributed by atoms with E-state index in [2.05, 4.69) is 17.8 Å². The molecule has 0 aliphatic carbocycles. The second-order valence-electron chi connectivity index (χ2n) is 1.99. The van der Waals surface area contributed by atoms with Crippen LogP contribution in [0.25, 0.3) is 0 Å². The van der Waals surface area contributed by atoms with Crippen LogP contribution < -0.4 is 0 Å². The number of nitrogens with zero attached hydrogens (tertiary/aromatic N) is 1. The van der Waals surface area contributed by atoms with Crippen molar-refractivity contribution < 1.29 is 0 Å². The zero-order chi connectivity index (χ0) is 7.82. The molecule has 0 fully saturated rings. The molecule has 0 spiro atoms. The fraction of sp³-hybridized carbons (Fsp3) is 0.625. The highest BCUT2D eigenvalue weighted by atomic mass is 32.2. The Balaban J connectivity index is 3.49. The maximum absolute atomic E-state index is 4.22. The minimum atomic E-state index is 0.331. The predicted octanol–water partition coefficient (Wildman–Crippen LogP) is 2.38. The lowest BCUT2D eigenvalue weighted by molar-refractivity contribution is 0.798. The molecule has 0 heterocycles. The number of hydrogen-bond acceptors (Lipinski definition) is 2. The zero-order valence-corrected chi connectivity index (χ0v) is 7.53. The quantitative estimate of drug-likeness (QED) is 0.441. The van der Waals surface area contributed by atoms with Crippen LogP contribution in [0.5, 0.6) is 0 Å². The second-order valence-corrected chi connectivity index (χ2v) is 2.98. The van der Waals surface area contributed by atoms with Crippen molar-refractivity contribution in [2.45, 2.75) is 19.4 Å². The standard InChI is InChI=1S/C8H15NS/c1-4-8(9-5-2)6-7-10-3/h4-5,8H,1,6-7H2,2-3H3. The van der Waals surface area contributed by atoms with E-state index < -0.39 is 0 Å². The van der Waals surface area contributed by atoms with Gasteiger partial charge in [0.05, 0.1) is 6.04 Å². The third-order valence-electron chi connectivity index (χ3n) is 1.23. The lowest BCUT2D eigenvalue weighted by atomic mass is 10.2. The van der Waals surface area contributed by atoms with Gasteiger partial charge in [-0.3, -0.25) is 4.99 Å². The molecule has 0 aromatic heterocycles. The first-order valence-corrected chi connectivity index (χ1v) is 4.83. The Morgan fingerprint density at radius 1 is 1.70 bits per heavy atom. The van der Waals surface area contributed by atoms with Gasteiger partial charge in [-0.25, -0.2) is 0 Å². The molecule has 58 valence electrons. The fourth-order valence-corrected chi connectivity index (χ4v) is 1.16. The maximum atomic E-state index is 4.22. The molecule has 0 rings (SSSR count). The van der Waals surface area contributed by atoms with Crippen molar-refractivity contribution in [2.24, 2.45) is 4.99 Å². The Bertz CT molecular complexity index is 110. The summed E-state index contributed by atoms with van der Waals surface area (Å²) in [5.41, 5.74) is 0. The topological polar surface area (TPSA) is 12.4 Å². The molecular formula is C8H15NS.